The van der Waals surface area contributed by atoms with E-state index in [4.69, 9.17) is 37.0 Å². The van der Waals surface area contributed by atoms with E-state index < -0.39 is 97.5 Å². The van der Waals surface area contributed by atoms with Crippen LogP contribution in [0.2, 0.25) is 0 Å². The van der Waals surface area contributed by atoms with Crippen molar-refractivity contribution in [3.63, 3.8) is 0 Å². The van der Waals surface area contributed by atoms with E-state index in [9.17, 15) is 43.2 Å². The number of ether oxygens (including phenoxy) is 4. The van der Waals surface area contributed by atoms with Crippen LogP contribution in [0.4, 0.5) is 0 Å². The van der Waals surface area contributed by atoms with Gasteiger partial charge in [0.2, 0.25) is 0 Å². The highest BCUT2D eigenvalue weighted by molar-refractivity contribution is 7.47. The van der Waals surface area contributed by atoms with Crippen LogP contribution in [0.5, 0.6) is 0 Å². The Morgan fingerprint density at radius 1 is 0.290 bits per heavy atom. The van der Waals surface area contributed by atoms with Crippen LogP contribution in [0.3, 0.4) is 0 Å². The van der Waals surface area contributed by atoms with Crippen molar-refractivity contribution in [2.75, 3.05) is 39.6 Å². The van der Waals surface area contributed by atoms with Gasteiger partial charge in [0, 0.05) is 25.7 Å². The molecular weight excluding hydrogens is 1220 g/mol. The Balaban J connectivity index is 5.23. The molecule has 552 valence electrons. The molecule has 0 aromatic rings. The molecule has 0 aromatic heterocycles. The van der Waals surface area contributed by atoms with Crippen LogP contribution in [0.1, 0.15) is 382 Å². The summed E-state index contributed by atoms with van der Waals surface area (Å²) in [4.78, 5) is 72.7. The van der Waals surface area contributed by atoms with E-state index in [0.29, 0.717) is 25.7 Å². The topological polar surface area (TPSA) is 237 Å². The van der Waals surface area contributed by atoms with E-state index in [0.717, 1.165) is 102 Å². The third-order valence-corrected chi connectivity index (χ3v) is 19.1. The van der Waals surface area contributed by atoms with E-state index in [1.165, 1.54) is 199 Å². The number of hydrogen-bond acceptors (Lipinski definition) is 15. The lowest BCUT2D eigenvalue weighted by Gasteiger charge is -2.21. The first-order valence-electron chi connectivity index (χ1n) is 38.5. The molecule has 5 atom stereocenters. The quantitative estimate of drug-likeness (QED) is 0.0222. The van der Waals surface area contributed by atoms with Gasteiger partial charge in [-0.15, -0.1) is 0 Å². The fraction of sp³-hybridized carbons (Fsp3) is 0.946. The Bertz CT molecular complexity index is 1800. The number of unbranched alkanes of at least 4 members (excludes halogenated alkanes) is 43. The van der Waals surface area contributed by atoms with Gasteiger partial charge in [0.15, 0.2) is 12.2 Å². The highest BCUT2D eigenvalue weighted by atomic mass is 31.2. The molecule has 3 N–H and O–H groups in total. The Morgan fingerprint density at radius 2 is 0.495 bits per heavy atom. The van der Waals surface area contributed by atoms with Crippen molar-refractivity contribution in [2.24, 2.45) is 11.8 Å². The van der Waals surface area contributed by atoms with Crippen LogP contribution in [0.15, 0.2) is 0 Å². The monoisotopic (exact) mass is 1370 g/mol. The predicted octanol–water partition coefficient (Wildman–Crippen LogP) is 21.6. The molecule has 2 unspecified atom stereocenters. The van der Waals surface area contributed by atoms with Gasteiger partial charge in [0.05, 0.1) is 26.4 Å². The molecule has 0 aliphatic rings. The zero-order valence-electron chi connectivity index (χ0n) is 60.6. The number of esters is 4. The third-order valence-electron chi connectivity index (χ3n) is 17.2. The number of rotatable bonds is 73. The van der Waals surface area contributed by atoms with Gasteiger partial charge in [-0.25, -0.2) is 9.13 Å². The summed E-state index contributed by atoms with van der Waals surface area (Å²) in [5.41, 5.74) is 0. The normalized spacial score (nSPS) is 14.1. The van der Waals surface area contributed by atoms with E-state index in [1.54, 1.807) is 0 Å². The second kappa shape index (κ2) is 66.0. The Labute approximate surface area is 568 Å². The Hall–Kier alpha value is -1.94. The van der Waals surface area contributed by atoms with Gasteiger partial charge in [-0.05, 0) is 37.5 Å². The molecule has 0 rings (SSSR count). The van der Waals surface area contributed by atoms with Crippen LogP contribution in [0, 0.1) is 11.8 Å². The van der Waals surface area contributed by atoms with Gasteiger partial charge in [-0.1, -0.05) is 330 Å². The van der Waals surface area contributed by atoms with Gasteiger partial charge in [0.25, 0.3) is 0 Å². The highest BCUT2D eigenvalue weighted by Crippen LogP contribution is 2.45. The van der Waals surface area contributed by atoms with Crippen LogP contribution in [-0.2, 0) is 65.4 Å². The first kappa shape index (κ1) is 91.1. The van der Waals surface area contributed by atoms with Crippen molar-refractivity contribution in [3.05, 3.63) is 0 Å². The lowest BCUT2D eigenvalue weighted by atomic mass is 10.0. The van der Waals surface area contributed by atoms with Crippen molar-refractivity contribution >= 4 is 39.5 Å². The van der Waals surface area contributed by atoms with Crippen molar-refractivity contribution in [1.29, 1.82) is 0 Å². The van der Waals surface area contributed by atoms with Gasteiger partial charge in [-0.2, -0.15) is 0 Å². The summed E-state index contributed by atoms with van der Waals surface area (Å²) in [5.74, 6) is -0.556. The summed E-state index contributed by atoms with van der Waals surface area (Å²) in [7, 11) is -9.91. The molecular formula is C74H144O17P2. The molecule has 0 fully saturated rings. The Morgan fingerprint density at radius 3 is 0.731 bits per heavy atom. The van der Waals surface area contributed by atoms with Gasteiger partial charge in [-0.3, -0.25) is 37.3 Å². The predicted molar refractivity (Wildman–Crippen MR) is 377 cm³/mol. The summed E-state index contributed by atoms with van der Waals surface area (Å²) in [5, 5.41) is 10.6. The molecule has 0 heterocycles. The SMILES string of the molecule is CCCCCCCCCCCCCC(=O)OC[C@H](COP(=O)(O)OC[C@H](O)COP(=O)(O)OC[C@@H](COC(=O)CCCCCCCCCCCCC(C)C)OC(=O)CCCCCCCCCCCCCCCCCC(C)C)OC(=O)CCCCCCCCCCCCC. The highest BCUT2D eigenvalue weighted by Gasteiger charge is 2.30. The van der Waals surface area contributed by atoms with E-state index in [-0.39, 0.29) is 25.7 Å². The molecule has 17 nitrogen and oxygen atoms in total. The number of aliphatic hydroxyl groups is 1. The molecule has 0 radical (unpaired) electrons. The minimum Gasteiger partial charge on any atom is -0.462 e. The summed E-state index contributed by atoms with van der Waals surface area (Å²) in [6, 6.07) is 0. The number of phosphoric ester groups is 2. The second-order valence-corrected chi connectivity index (χ2v) is 30.5. The summed E-state index contributed by atoms with van der Waals surface area (Å²) < 4.78 is 68.4. The zero-order valence-corrected chi connectivity index (χ0v) is 62.3. The fourth-order valence-electron chi connectivity index (χ4n) is 11.3. The molecule has 0 saturated heterocycles. The maximum absolute atomic E-state index is 13.1. The van der Waals surface area contributed by atoms with Gasteiger partial charge < -0.3 is 33.8 Å². The van der Waals surface area contributed by atoms with Crippen LogP contribution < -0.4 is 0 Å². The van der Waals surface area contributed by atoms with Gasteiger partial charge in [0.1, 0.15) is 19.3 Å². The molecule has 0 aliphatic heterocycles. The summed E-state index contributed by atoms with van der Waals surface area (Å²) >= 11 is 0. The Kier molecular flexibility index (Phi) is 64.6. The average Bonchev–Trinajstić information content (AvgIpc) is 2.74. The van der Waals surface area contributed by atoms with E-state index in [2.05, 4.69) is 41.5 Å². The van der Waals surface area contributed by atoms with Gasteiger partial charge >= 0.3 is 39.5 Å². The molecule has 0 saturated carbocycles. The maximum Gasteiger partial charge on any atom is 0.472 e. The third kappa shape index (κ3) is 68.4. The smallest absolute Gasteiger partial charge is 0.462 e. The van der Waals surface area contributed by atoms with Crippen molar-refractivity contribution in [3.8, 4) is 0 Å². The summed E-state index contributed by atoms with van der Waals surface area (Å²) in [6.07, 6.45) is 52.6. The molecule has 0 amide bonds. The van der Waals surface area contributed by atoms with E-state index >= 15 is 0 Å². The van der Waals surface area contributed by atoms with Crippen LogP contribution in [-0.4, -0.2) is 96.7 Å². The first-order valence-corrected chi connectivity index (χ1v) is 41.5. The standard InChI is InChI=1S/C74H144O17P2/c1-7-9-11-13-15-17-24-32-38-44-50-56-71(76)84-62-69(90-73(78)58-52-46-40-34-25-18-16-14-12-10-8-2)64-88-92(80,81)86-60-68(75)61-87-93(82,83)89-65-70(63-85-72(77)57-51-45-39-33-29-28-31-37-43-49-55-67(5)6)91-74(79)59-53-47-41-35-27-23-21-19-20-22-26-30-36-42-48-54-66(3)4/h66-70,75H,7-65H2,1-6H3,(H,80,81)(H,82,83)/t68-,69+,70+/m0/s1. The lowest BCUT2D eigenvalue weighted by molar-refractivity contribution is -0.161. The maximum atomic E-state index is 13.1. The largest absolute Gasteiger partial charge is 0.472 e. The number of aliphatic hydroxyl groups excluding tert-OH is 1. The molecule has 0 spiro atoms. The molecule has 0 aromatic carbocycles. The number of carbonyl (C=O) groups excluding carboxylic acids is 4. The van der Waals surface area contributed by atoms with Crippen LogP contribution in [0.25, 0.3) is 0 Å². The number of phosphoric acid groups is 2. The second-order valence-electron chi connectivity index (χ2n) is 27.6. The molecule has 0 bridgehead atoms. The van der Waals surface area contributed by atoms with Crippen molar-refractivity contribution in [1.82, 2.24) is 0 Å². The summed E-state index contributed by atoms with van der Waals surface area (Å²) in [6.45, 7) is 9.60. The van der Waals surface area contributed by atoms with Crippen molar-refractivity contribution in [2.45, 2.75) is 400 Å². The first-order chi connectivity index (χ1) is 44.9. The number of carbonyl (C=O) groups is 4. The lowest BCUT2D eigenvalue weighted by Crippen LogP contribution is -2.30. The zero-order chi connectivity index (χ0) is 68.6. The minimum absolute atomic E-state index is 0.107. The number of hydrogen-bond donors (Lipinski definition) is 3. The average molecular weight is 1370 g/mol. The molecule has 0 aliphatic carbocycles. The molecule has 19 heteroatoms. The fourth-order valence-corrected chi connectivity index (χ4v) is 12.9. The van der Waals surface area contributed by atoms with Crippen molar-refractivity contribution < 1.29 is 80.2 Å². The van der Waals surface area contributed by atoms with Crippen LogP contribution >= 0.6 is 15.6 Å². The minimum atomic E-state index is -4.96. The van der Waals surface area contributed by atoms with E-state index in [1.807, 2.05) is 0 Å². The molecule has 93 heavy (non-hydrogen) atoms.